The molecule has 0 bridgehead atoms. The van der Waals surface area contributed by atoms with Crippen molar-refractivity contribution in [2.45, 2.75) is 45.4 Å². The van der Waals surface area contributed by atoms with Gasteiger partial charge in [0.2, 0.25) is 0 Å². The Morgan fingerprint density at radius 2 is 1.81 bits per heavy atom. The van der Waals surface area contributed by atoms with Gasteiger partial charge >= 0.3 is 18.2 Å². The van der Waals surface area contributed by atoms with E-state index in [1.807, 2.05) is 0 Å². The van der Waals surface area contributed by atoms with Gasteiger partial charge in [0.25, 0.3) is 0 Å². The molecule has 0 aromatic carbocycles. The van der Waals surface area contributed by atoms with Crippen molar-refractivity contribution in [3.05, 3.63) is 23.9 Å². The van der Waals surface area contributed by atoms with Crippen molar-refractivity contribution in [3.63, 3.8) is 0 Å². The number of aliphatic carboxylic acids is 1. The molecule has 0 aliphatic carbocycles. The fraction of sp³-hybridized carbons (Fsp3) is 0.500. The van der Waals surface area contributed by atoms with Gasteiger partial charge < -0.3 is 9.84 Å². The number of nitrogens with zero attached hydrogens (tertiary/aromatic N) is 1. The zero-order valence-electron chi connectivity index (χ0n) is 14.4. The maximum Gasteiger partial charge on any atom is 0.413 e. The molecule has 1 amide bonds. The van der Waals surface area contributed by atoms with E-state index >= 15 is 0 Å². The predicted octanol–water partition coefficient (Wildman–Crippen LogP) is 3.65. The number of ether oxygens (including phenoxy) is 1. The number of anilines is 1. The van der Waals surface area contributed by atoms with E-state index < -0.39 is 48.4 Å². The van der Waals surface area contributed by atoms with Crippen molar-refractivity contribution in [1.82, 2.24) is 4.98 Å². The van der Waals surface area contributed by atoms with Crippen LogP contribution in [-0.4, -0.2) is 39.7 Å². The number of Topliss-reactive ketones (excluding diaryl/α,β-unsaturated/α-hetero) is 1. The van der Waals surface area contributed by atoms with Crippen LogP contribution in [0, 0.1) is 5.92 Å². The van der Waals surface area contributed by atoms with E-state index in [0.29, 0.717) is 0 Å². The lowest BCUT2D eigenvalue weighted by molar-refractivity contribution is -0.182. The summed E-state index contributed by atoms with van der Waals surface area (Å²) < 4.78 is 43.6. The van der Waals surface area contributed by atoms with E-state index in [4.69, 9.17) is 9.84 Å². The van der Waals surface area contributed by atoms with E-state index in [-0.39, 0.29) is 11.5 Å². The second kappa shape index (κ2) is 8.15. The number of pyridine rings is 1. The molecule has 1 heterocycles. The molecular formula is C16H19F3N2O5. The molecule has 0 aliphatic rings. The number of carbonyl (C=O) groups excluding carboxylic acids is 2. The van der Waals surface area contributed by atoms with Crippen molar-refractivity contribution in [2.75, 3.05) is 5.32 Å². The number of rotatable bonds is 6. The summed E-state index contributed by atoms with van der Waals surface area (Å²) in [5.41, 5.74) is -1.09. The Bertz CT molecular complexity index is 683. The number of hydrogen-bond donors (Lipinski definition) is 2. The SMILES string of the molecule is CC(C)(C)OC(=O)Nc1cccc(C(=O)C[C@@H](CC(=O)O)C(F)(F)F)n1. The number of nitrogens with one attached hydrogen (secondary N) is 1. The van der Waals surface area contributed by atoms with Gasteiger partial charge in [-0.3, -0.25) is 14.9 Å². The van der Waals surface area contributed by atoms with Crippen LogP contribution < -0.4 is 5.32 Å². The molecule has 0 spiro atoms. The first-order valence-electron chi connectivity index (χ1n) is 7.56. The molecular weight excluding hydrogens is 357 g/mol. The highest BCUT2D eigenvalue weighted by Gasteiger charge is 2.42. The molecule has 0 unspecified atom stereocenters. The zero-order chi connectivity index (χ0) is 20.1. The number of ketones is 1. The van der Waals surface area contributed by atoms with Crippen molar-refractivity contribution >= 4 is 23.7 Å². The highest BCUT2D eigenvalue weighted by molar-refractivity contribution is 5.95. The van der Waals surface area contributed by atoms with Crippen molar-refractivity contribution in [1.29, 1.82) is 0 Å². The van der Waals surface area contributed by atoms with Gasteiger partial charge in [-0.2, -0.15) is 13.2 Å². The highest BCUT2D eigenvalue weighted by atomic mass is 19.4. The molecule has 2 N–H and O–H groups in total. The monoisotopic (exact) mass is 376 g/mol. The standard InChI is InChI=1S/C16H19F3N2O5/c1-15(2,3)26-14(25)21-12-6-4-5-10(20-12)11(22)7-9(8-13(23)24)16(17,18)19/h4-6,9H,7-8H2,1-3H3,(H,23,24)(H,20,21,25)/t9-/m0/s1. The molecule has 144 valence electrons. The van der Waals surface area contributed by atoms with Crippen LogP contribution in [0.3, 0.4) is 0 Å². The number of amides is 1. The van der Waals surface area contributed by atoms with Crippen molar-refractivity contribution < 1.29 is 37.4 Å². The Labute approximate surface area is 147 Å². The Kier molecular flexibility index (Phi) is 6.71. The van der Waals surface area contributed by atoms with Crippen LogP contribution in [0.4, 0.5) is 23.8 Å². The van der Waals surface area contributed by atoms with E-state index in [9.17, 15) is 27.6 Å². The average molecular weight is 376 g/mol. The van der Waals surface area contributed by atoms with Gasteiger partial charge in [-0.1, -0.05) is 6.07 Å². The summed E-state index contributed by atoms with van der Waals surface area (Å²) in [6.07, 6.45) is -7.95. The lowest BCUT2D eigenvalue weighted by Crippen LogP contribution is -2.29. The van der Waals surface area contributed by atoms with E-state index in [0.717, 1.165) is 0 Å². The maximum atomic E-state index is 12.9. The van der Waals surface area contributed by atoms with E-state index in [2.05, 4.69) is 10.3 Å². The minimum Gasteiger partial charge on any atom is -0.481 e. The Morgan fingerprint density at radius 1 is 1.19 bits per heavy atom. The molecule has 0 aliphatic heterocycles. The third-order valence-corrected chi connectivity index (χ3v) is 2.98. The third kappa shape index (κ3) is 7.49. The summed E-state index contributed by atoms with van der Waals surface area (Å²) in [6, 6.07) is 3.84. The number of alkyl halides is 3. The quantitative estimate of drug-likeness (QED) is 0.734. The molecule has 1 atom stereocenters. The Hall–Kier alpha value is -2.65. The summed E-state index contributed by atoms with van der Waals surface area (Å²) in [4.78, 5) is 38.1. The van der Waals surface area contributed by atoms with E-state index in [1.54, 1.807) is 20.8 Å². The highest BCUT2D eigenvalue weighted by Crippen LogP contribution is 2.32. The maximum absolute atomic E-state index is 12.9. The molecule has 1 rings (SSSR count). The van der Waals surface area contributed by atoms with Gasteiger partial charge in [-0.15, -0.1) is 0 Å². The minimum atomic E-state index is -4.83. The van der Waals surface area contributed by atoms with Crippen LogP contribution in [0.2, 0.25) is 0 Å². The van der Waals surface area contributed by atoms with Crippen LogP contribution in [0.1, 0.15) is 44.1 Å². The molecule has 10 heteroatoms. The summed E-state index contributed by atoms with van der Waals surface area (Å²) in [6.45, 7) is 4.92. The number of carbonyl (C=O) groups is 3. The van der Waals surface area contributed by atoms with Crippen LogP contribution in [0.5, 0.6) is 0 Å². The van der Waals surface area contributed by atoms with Crippen LogP contribution in [-0.2, 0) is 9.53 Å². The number of halogens is 3. The minimum absolute atomic E-state index is 0.0770. The van der Waals surface area contributed by atoms with Gasteiger partial charge in [-0.25, -0.2) is 9.78 Å². The summed E-state index contributed by atoms with van der Waals surface area (Å²) >= 11 is 0. The van der Waals surface area contributed by atoms with Crippen LogP contribution in [0.15, 0.2) is 18.2 Å². The first-order valence-corrected chi connectivity index (χ1v) is 7.56. The molecule has 1 aromatic heterocycles. The first-order chi connectivity index (χ1) is 11.8. The average Bonchev–Trinajstić information content (AvgIpc) is 2.43. The summed E-state index contributed by atoms with van der Waals surface area (Å²) in [7, 11) is 0. The Balaban J connectivity index is 2.87. The van der Waals surface area contributed by atoms with E-state index in [1.165, 1.54) is 18.2 Å². The smallest absolute Gasteiger partial charge is 0.413 e. The second-order valence-corrected chi connectivity index (χ2v) is 6.50. The van der Waals surface area contributed by atoms with Gasteiger partial charge in [0.1, 0.15) is 17.1 Å². The summed E-state index contributed by atoms with van der Waals surface area (Å²) in [5.74, 6) is -5.04. The zero-order valence-corrected chi connectivity index (χ0v) is 14.4. The molecule has 0 radical (unpaired) electrons. The normalized spacial score (nSPS) is 13.0. The predicted molar refractivity (Wildman–Crippen MR) is 84.8 cm³/mol. The van der Waals surface area contributed by atoms with Gasteiger partial charge in [0, 0.05) is 6.42 Å². The number of carboxylic acid groups (broad SMARTS) is 1. The lowest BCUT2D eigenvalue weighted by atomic mass is 9.96. The van der Waals surface area contributed by atoms with Crippen molar-refractivity contribution in [3.8, 4) is 0 Å². The van der Waals surface area contributed by atoms with Crippen molar-refractivity contribution in [2.24, 2.45) is 5.92 Å². The third-order valence-electron chi connectivity index (χ3n) is 2.98. The van der Waals surface area contributed by atoms with Gasteiger partial charge in [0.15, 0.2) is 5.78 Å². The first kappa shape index (κ1) is 21.4. The molecule has 0 saturated heterocycles. The van der Waals surface area contributed by atoms with Crippen LogP contribution >= 0.6 is 0 Å². The van der Waals surface area contributed by atoms with Crippen LogP contribution in [0.25, 0.3) is 0 Å². The second-order valence-electron chi connectivity index (χ2n) is 6.50. The molecule has 0 saturated carbocycles. The summed E-state index contributed by atoms with van der Waals surface area (Å²) in [5, 5.41) is 10.8. The molecule has 26 heavy (non-hydrogen) atoms. The molecule has 0 fully saturated rings. The Morgan fingerprint density at radius 3 is 2.31 bits per heavy atom. The number of hydrogen-bond acceptors (Lipinski definition) is 5. The number of aromatic nitrogens is 1. The fourth-order valence-electron chi connectivity index (χ4n) is 1.91. The fourth-order valence-corrected chi connectivity index (χ4v) is 1.91. The topological polar surface area (TPSA) is 106 Å². The van der Waals surface area contributed by atoms with Gasteiger partial charge in [0.05, 0.1) is 12.3 Å². The van der Waals surface area contributed by atoms with Gasteiger partial charge in [-0.05, 0) is 32.9 Å². The molecule has 1 aromatic rings. The molecule has 7 nitrogen and oxygen atoms in total. The lowest BCUT2D eigenvalue weighted by Gasteiger charge is -2.19. The number of carboxylic acids is 1. The largest absolute Gasteiger partial charge is 0.481 e.